The van der Waals surface area contributed by atoms with Gasteiger partial charge in [-0.3, -0.25) is 0 Å². The van der Waals surface area contributed by atoms with Crippen molar-refractivity contribution in [2.75, 3.05) is 26.9 Å². The van der Waals surface area contributed by atoms with Gasteiger partial charge in [0.15, 0.2) is 11.5 Å². The molecule has 1 fully saturated rings. The highest BCUT2D eigenvalue weighted by Gasteiger charge is 2.30. The third-order valence-corrected chi connectivity index (χ3v) is 6.08. The Morgan fingerprint density at radius 3 is 2.86 bits per heavy atom. The van der Waals surface area contributed by atoms with Crippen molar-refractivity contribution in [3.63, 3.8) is 0 Å². The Balaban J connectivity index is 1.71. The smallest absolute Gasteiger partial charge is 0.282 e. The SMILES string of the molecule is C[C@H]1CCCN(S(=O)(=O)N(C)Cc2ccc3c(c2)OCO3)C1. The first-order valence-electron chi connectivity index (χ1n) is 7.57. The van der Waals surface area contributed by atoms with Crippen LogP contribution in [0.1, 0.15) is 25.3 Å². The predicted octanol–water partition coefficient (Wildman–Crippen LogP) is 1.82. The van der Waals surface area contributed by atoms with Crippen molar-refractivity contribution in [3.8, 4) is 11.5 Å². The molecular formula is C15H22N2O4S. The Hall–Kier alpha value is -1.31. The normalized spacial score (nSPS) is 22.2. The van der Waals surface area contributed by atoms with Crippen molar-refractivity contribution in [1.82, 2.24) is 8.61 Å². The molecule has 22 heavy (non-hydrogen) atoms. The third-order valence-electron chi connectivity index (χ3n) is 4.18. The van der Waals surface area contributed by atoms with E-state index in [4.69, 9.17) is 9.47 Å². The van der Waals surface area contributed by atoms with Crippen molar-refractivity contribution in [2.45, 2.75) is 26.3 Å². The zero-order valence-electron chi connectivity index (χ0n) is 13.0. The van der Waals surface area contributed by atoms with Crippen LogP contribution in [-0.4, -0.2) is 44.0 Å². The van der Waals surface area contributed by atoms with E-state index in [2.05, 4.69) is 6.92 Å². The lowest BCUT2D eigenvalue weighted by Crippen LogP contribution is -2.45. The molecule has 0 unspecified atom stereocenters. The monoisotopic (exact) mass is 326 g/mol. The molecule has 0 radical (unpaired) electrons. The largest absolute Gasteiger partial charge is 0.454 e. The first kappa shape index (κ1) is 15.6. The number of hydrogen-bond acceptors (Lipinski definition) is 4. The first-order valence-corrected chi connectivity index (χ1v) is 8.96. The number of piperidine rings is 1. The summed E-state index contributed by atoms with van der Waals surface area (Å²) in [5.41, 5.74) is 0.889. The highest BCUT2D eigenvalue weighted by atomic mass is 32.2. The minimum Gasteiger partial charge on any atom is -0.454 e. The molecule has 122 valence electrons. The average Bonchev–Trinajstić information content (AvgIpc) is 2.94. The molecule has 2 aliphatic heterocycles. The zero-order valence-corrected chi connectivity index (χ0v) is 13.8. The summed E-state index contributed by atoms with van der Waals surface area (Å²) in [6.45, 7) is 3.86. The second-order valence-corrected chi connectivity index (χ2v) is 8.09. The van der Waals surface area contributed by atoms with E-state index in [1.54, 1.807) is 11.4 Å². The van der Waals surface area contributed by atoms with Crippen LogP contribution in [0.3, 0.4) is 0 Å². The minimum absolute atomic E-state index is 0.221. The molecule has 2 aliphatic rings. The van der Waals surface area contributed by atoms with Gasteiger partial charge in [-0.15, -0.1) is 0 Å². The number of hydrogen-bond donors (Lipinski definition) is 0. The number of fused-ring (bicyclic) bond motifs is 1. The highest BCUT2D eigenvalue weighted by molar-refractivity contribution is 7.86. The fraction of sp³-hybridized carbons (Fsp3) is 0.600. The Labute approximate surface area is 131 Å². The van der Waals surface area contributed by atoms with Gasteiger partial charge in [0.05, 0.1) is 0 Å². The van der Waals surface area contributed by atoms with Crippen LogP contribution >= 0.6 is 0 Å². The van der Waals surface area contributed by atoms with Crippen LogP contribution in [0.2, 0.25) is 0 Å². The standard InChI is InChI=1S/C15H22N2O4S/c1-12-4-3-7-17(9-12)22(18,19)16(2)10-13-5-6-14-15(8-13)21-11-20-14/h5-6,8,12H,3-4,7,9-11H2,1-2H3/t12-/m0/s1. The maximum Gasteiger partial charge on any atom is 0.282 e. The number of benzene rings is 1. The zero-order chi connectivity index (χ0) is 15.7. The van der Waals surface area contributed by atoms with E-state index in [9.17, 15) is 8.42 Å². The van der Waals surface area contributed by atoms with Crippen molar-refractivity contribution < 1.29 is 17.9 Å². The molecule has 0 amide bonds. The molecular weight excluding hydrogens is 304 g/mol. The molecule has 0 aliphatic carbocycles. The lowest BCUT2D eigenvalue weighted by molar-refractivity contribution is 0.174. The molecule has 1 atom stereocenters. The molecule has 7 heteroatoms. The summed E-state index contributed by atoms with van der Waals surface area (Å²) in [6.07, 6.45) is 2.02. The number of ether oxygens (including phenoxy) is 2. The van der Waals surface area contributed by atoms with E-state index < -0.39 is 10.2 Å². The van der Waals surface area contributed by atoms with Crippen molar-refractivity contribution in [3.05, 3.63) is 23.8 Å². The van der Waals surface area contributed by atoms with Gasteiger partial charge in [-0.2, -0.15) is 17.0 Å². The fourth-order valence-electron chi connectivity index (χ4n) is 2.93. The summed E-state index contributed by atoms with van der Waals surface area (Å²) in [5, 5.41) is 0. The van der Waals surface area contributed by atoms with Crippen LogP contribution in [0.25, 0.3) is 0 Å². The molecule has 3 rings (SSSR count). The predicted molar refractivity (Wildman–Crippen MR) is 82.9 cm³/mol. The van der Waals surface area contributed by atoms with E-state index in [0.717, 1.165) is 18.4 Å². The molecule has 0 saturated carbocycles. The van der Waals surface area contributed by atoms with Crippen LogP contribution in [0.15, 0.2) is 18.2 Å². The van der Waals surface area contributed by atoms with Gasteiger partial charge in [0, 0.05) is 26.7 Å². The van der Waals surface area contributed by atoms with Crippen LogP contribution < -0.4 is 9.47 Å². The summed E-state index contributed by atoms with van der Waals surface area (Å²) in [5.74, 6) is 1.80. The topological polar surface area (TPSA) is 59.1 Å². The van der Waals surface area contributed by atoms with Crippen LogP contribution in [-0.2, 0) is 16.8 Å². The van der Waals surface area contributed by atoms with Crippen LogP contribution in [0.4, 0.5) is 0 Å². The van der Waals surface area contributed by atoms with Gasteiger partial charge in [-0.25, -0.2) is 0 Å². The highest BCUT2D eigenvalue weighted by Crippen LogP contribution is 2.33. The Kier molecular flexibility index (Phi) is 4.29. The lowest BCUT2D eigenvalue weighted by Gasteiger charge is -2.33. The van der Waals surface area contributed by atoms with Gasteiger partial charge >= 0.3 is 0 Å². The summed E-state index contributed by atoms with van der Waals surface area (Å²) in [7, 11) is -1.79. The van der Waals surface area contributed by atoms with E-state index in [1.807, 2.05) is 18.2 Å². The second-order valence-electron chi connectivity index (χ2n) is 6.06. The van der Waals surface area contributed by atoms with Gasteiger partial charge < -0.3 is 9.47 Å². The van der Waals surface area contributed by atoms with Crippen molar-refractivity contribution in [1.29, 1.82) is 0 Å². The Bertz CT molecular complexity index is 647. The van der Waals surface area contributed by atoms with Gasteiger partial charge in [0.2, 0.25) is 6.79 Å². The number of nitrogens with zero attached hydrogens (tertiary/aromatic N) is 2. The van der Waals surface area contributed by atoms with Gasteiger partial charge in [0.25, 0.3) is 10.2 Å². The minimum atomic E-state index is -3.41. The van der Waals surface area contributed by atoms with E-state index in [0.29, 0.717) is 37.1 Å². The molecule has 2 heterocycles. The lowest BCUT2D eigenvalue weighted by atomic mass is 10.0. The third kappa shape index (κ3) is 3.06. The van der Waals surface area contributed by atoms with E-state index in [1.165, 1.54) is 4.31 Å². The molecule has 0 N–H and O–H groups in total. The summed E-state index contributed by atoms with van der Waals surface area (Å²) >= 11 is 0. The molecule has 0 spiro atoms. The van der Waals surface area contributed by atoms with Gasteiger partial charge in [-0.05, 0) is 36.5 Å². The van der Waals surface area contributed by atoms with Crippen molar-refractivity contribution >= 4 is 10.2 Å². The summed E-state index contributed by atoms with van der Waals surface area (Å²) in [6, 6.07) is 5.53. The van der Waals surface area contributed by atoms with E-state index in [-0.39, 0.29) is 6.79 Å². The second kappa shape index (κ2) is 6.06. The molecule has 1 saturated heterocycles. The molecule has 6 nitrogen and oxygen atoms in total. The summed E-state index contributed by atoms with van der Waals surface area (Å²) in [4.78, 5) is 0. The molecule has 1 aromatic rings. The molecule has 0 aromatic heterocycles. The maximum atomic E-state index is 12.7. The Morgan fingerprint density at radius 2 is 2.09 bits per heavy atom. The van der Waals surface area contributed by atoms with Gasteiger partial charge in [0.1, 0.15) is 0 Å². The van der Waals surface area contributed by atoms with Crippen LogP contribution in [0, 0.1) is 5.92 Å². The van der Waals surface area contributed by atoms with E-state index >= 15 is 0 Å². The fourth-order valence-corrected chi connectivity index (χ4v) is 4.44. The quantitative estimate of drug-likeness (QED) is 0.847. The first-order chi connectivity index (χ1) is 10.5. The van der Waals surface area contributed by atoms with Gasteiger partial charge in [-0.1, -0.05) is 13.0 Å². The Morgan fingerprint density at radius 1 is 1.32 bits per heavy atom. The van der Waals surface area contributed by atoms with Crippen molar-refractivity contribution in [2.24, 2.45) is 5.92 Å². The maximum absolute atomic E-state index is 12.7. The summed E-state index contributed by atoms with van der Waals surface area (Å²) < 4.78 is 38.9. The van der Waals surface area contributed by atoms with Crippen LogP contribution in [0.5, 0.6) is 11.5 Å². The molecule has 0 bridgehead atoms. The molecule has 1 aromatic carbocycles. The number of rotatable bonds is 4. The average molecular weight is 326 g/mol.